The van der Waals surface area contributed by atoms with Crippen LogP contribution in [0.2, 0.25) is 0 Å². The Kier molecular flexibility index (Phi) is 8.63. The van der Waals surface area contributed by atoms with Crippen LogP contribution < -0.4 is 0 Å². The SMILES string of the molecule is [CH2]c1ccccc1CCCCCCCCCCC. The molecule has 0 aliphatic heterocycles. The third kappa shape index (κ3) is 6.83. The second-order valence-electron chi connectivity index (χ2n) is 5.35. The van der Waals surface area contributed by atoms with E-state index in [0.717, 1.165) is 0 Å². The summed E-state index contributed by atoms with van der Waals surface area (Å²) in [4.78, 5) is 0. The number of rotatable bonds is 10. The molecular weight excluding hydrogens is 216 g/mol. The number of aryl methyl sites for hydroxylation is 1. The van der Waals surface area contributed by atoms with Crippen LogP contribution in [0.15, 0.2) is 24.3 Å². The summed E-state index contributed by atoms with van der Waals surface area (Å²) in [5.41, 5.74) is 2.64. The normalized spacial score (nSPS) is 10.8. The molecule has 0 heteroatoms. The van der Waals surface area contributed by atoms with Crippen molar-refractivity contribution in [1.29, 1.82) is 0 Å². The smallest absolute Gasteiger partial charge is 0.0235 e. The standard InChI is InChI=1S/C18H29/c1-3-4-5-6-7-8-9-10-11-15-18-16-13-12-14-17(18)2/h12-14,16H,2-11,15H2,1H3. The fourth-order valence-electron chi connectivity index (χ4n) is 2.43. The van der Waals surface area contributed by atoms with Gasteiger partial charge in [-0.15, -0.1) is 0 Å². The molecule has 0 heterocycles. The van der Waals surface area contributed by atoms with Crippen molar-refractivity contribution in [2.45, 2.75) is 71.1 Å². The molecule has 1 radical (unpaired) electrons. The second-order valence-corrected chi connectivity index (χ2v) is 5.35. The molecule has 0 aliphatic carbocycles. The zero-order valence-electron chi connectivity index (χ0n) is 12.1. The number of hydrogen-bond donors (Lipinski definition) is 0. The molecular formula is C18H29. The lowest BCUT2D eigenvalue weighted by molar-refractivity contribution is 0.565. The summed E-state index contributed by atoms with van der Waals surface area (Å²) in [7, 11) is 0. The molecule has 1 rings (SSSR count). The highest BCUT2D eigenvalue weighted by molar-refractivity contribution is 5.29. The maximum Gasteiger partial charge on any atom is -0.0235 e. The van der Waals surface area contributed by atoms with Crippen molar-refractivity contribution < 1.29 is 0 Å². The molecule has 0 atom stereocenters. The molecule has 0 N–H and O–H groups in total. The van der Waals surface area contributed by atoms with Gasteiger partial charge in [-0.1, -0.05) is 82.6 Å². The molecule has 0 aliphatic rings. The highest BCUT2D eigenvalue weighted by atomic mass is 14.0. The van der Waals surface area contributed by atoms with Crippen LogP contribution in [0.25, 0.3) is 0 Å². The van der Waals surface area contributed by atoms with Crippen LogP contribution in [-0.4, -0.2) is 0 Å². The van der Waals surface area contributed by atoms with Gasteiger partial charge in [0.25, 0.3) is 0 Å². The Hall–Kier alpha value is -0.780. The summed E-state index contributed by atoms with van der Waals surface area (Å²) >= 11 is 0. The van der Waals surface area contributed by atoms with E-state index in [9.17, 15) is 0 Å². The quantitative estimate of drug-likeness (QED) is 0.447. The first kappa shape index (κ1) is 15.3. The van der Waals surface area contributed by atoms with Crippen molar-refractivity contribution in [2.24, 2.45) is 0 Å². The van der Waals surface area contributed by atoms with Crippen LogP contribution >= 0.6 is 0 Å². The molecule has 0 bridgehead atoms. The van der Waals surface area contributed by atoms with Crippen molar-refractivity contribution in [3.05, 3.63) is 42.3 Å². The topological polar surface area (TPSA) is 0 Å². The largest absolute Gasteiger partial charge is 0.0654 e. The Morgan fingerprint density at radius 1 is 0.778 bits per heavy atom. The number of hydrogen-bond acceptors (Lipinski definition) is 0. The summed E-state index contributed by atoms with van der Waals surface area (Å²) in [6.45, 7) is 6.36. The lowest BCUT2D eigenvalue weighted by atomic mass is 10.0. The molecule has 0 unspecified atom stereocenters. The molecule has 18 heavy (non-hydrogen) atoms. The summed E-state index contributed by atoms with van der Waals surface area (Å²) in [5.74, 6) is 0. The predicted molar refractivity (Wildman–Crippen MR) is 81.8 cm³/mol. The van der Waals surface area contributed by atoms with Gasteiger partial charge in [0.2, 0.25) is 0 Å². The van der Waals surface area contributed by atoms with Crippen molar-refractivity contribution in [3.8, 4) is 0 Å². The van der Waals surface area contributed by atoms with E-state index < -0.39 is 0 Å². The van der Waals surface area contributed by atoms with E-state index in [1.807, 2.05) is 0 Å². The van der Waals surface area contributed by atoms with Crippen molar-refractivity contribution in [2.75, 3.05) is 0 Å². The van der Waals surface area contributed by atoms with Crippen LogP contribution in [0.1, 0.15) is 75.8 Å². The number of unbranched alkanes of at least 4 members (excludes halogenated alkanes) is 8. The van der Waals surface area contributed by atoms with Gasteiger partial charge in [0.15, 0.2) is 0 Å². The van der Waals surface area contributed by atoms with Crippen LogP contribution in [0.4, 0.5) is 0 Å². The van der Waals surface area contributed by atoms with Crippen LogP contribution in [0, 0.1) is 6.92 Å². The monoisotopic (exact) mass is 245 g/mol. The Balaban J connectivity index is 1.94. The molecule has 1 aromatic carbocycles. The molecule has 0 saturated heterocycles. The minimum atomic E-state index is 1.20. The van der Waals surface area contributed by atoms with E-state index in [4.69, 9.17) is 0 Å². The van der Waals surface area contributed by atoms with Gasteiger partial charge in [-0.05, 0) is 30.9 Å². The van der Waals surface area contributed by atoms with Crippen LogP contribution in [-0.2, 0) is 6.42 Å². The molecule has 0 saturated carbocycles. The van der Waals surface area contributed by atoms with Gasteiger partial charge >= 0.3 is 0 Å². The van der Waals surface area contributed by atoms with Gasteiger partial charge in [-0.25, -0.2) is 0 Å². The van der Waals surface area contributed by atoms with E-state index in [-0.39, 0.29) is 0 Å². The molecule has 101 valence electrons. The van der Waals surface area contributed by atoms with Gasteiger partial charge in [0.1, 0.15) is 0 Å². The Labute approximate surface area is 114 Å². The highest BCUT2D eigenvalue weighted by Crippen LogP contribution is 2.13. The minimum absolute atomic E-state index is 1.20. The van der Waals surface area contributed by atoms with Crippen LogP contribution in [0.3, 0.4) is 0 Å². The Bertz CT molecular complexity index is 301. The molecule has 0 spiro atoms. The summed E-state index contributed by atoms with van der Waals surface area (Å²) in [5, 5.41) is 0. The summed E-state index contributed by atoms with van der Waals surface area (Å²) < 4.78 is 0. The average molecular weight is 245 g/mol. The molecule has 0 nitrogen and oxygen atoms in total. The van der Waals surface area contributed by atoms with Gasteiger partial charge < -0.3 is 0 Å². The van der Waals surface area contributed by atoms with Gasteiger partial charge in [0.05, 0.1) is 0 Å². The van der Waals surface area contributed by atoms with E-state index in [1.54, 1.807) is 0 Å². The molecule has 0 aromatic heterocycles. The first-order valence-corrected chi connectivity index (χ1v) is 7.74. The third-order valence-corrected chi connectivity index (χ3v) is 3.67. The lowest BCUT2D eigenvalue weighted by Crippen LogP contribution is -1.89. The Morgan fingerprint density at radius 2 is 1.33 bits per heavy atom. The maximum atomic E-state index is 4.08. The zero-order valence-corrected chi connectivity index (χ0v) is 12.1. The maximum absolute atomic E-state index is 4.08. The predicted octanol–water partition coefficient (Wildman–Crippen LogP) is 5.94. The summed E-state index contributed by atoms with van der Waals surface area (Å²) in [6.07, 6.45) is 13.8. The number of benzene rings is 1. The summed E-state index contributed by atoms with van der Waals surface area (Å²) in [6, 6.07) is 8.52. The average Bonchev–Trinajstić information content (AvgIpc) is 2.39. The van der Waals surface area contributed by atoms with E-state index in [1.165, 1.54) is 75.3 Å². The Morgan fingerprint density at radius 3 is 1.94 bits per heavy atom. The van der Waals surface area contributed by atoms with E-state index in [2.05, 4.69) is 38.1 Å². The molecule has 0 amide bonds. The minimum Gasteiger partial charge on any atom is -0.0654 e. The second kappa shape index (κ2) is 10.2. The van der Waals surface area contributed by atoms with E-state index >= 15 is 0 Å². The first-order chi connectivity index (χ1) is 8.84. The third-order valence-electron chi connectivity index (χ3n) is 3.67. The van der Waals surface area contributed by atoms with Gasteiger partial charge in [-0.3, -0.25) is 0 Å². The van der Waals surface area contributed by atoms with Crippen molar-refractivity contribution in [1.82, 2.24) is 0 Å². The van der Waals surface area contributed by atoms with Crippen molar-refractivity contribution in [3.63, 3.8) is 0 Å². The van der Waals surface area contributed by atoms with E-state index in [0.29, 0.717) is 0 Å². The zero-order chi connectivity index (χ0) is 13.1. The molecule has 0 fully saturated rings. The van der Waals surface area contributed by atoms with Gasteiger partial charge in [-0.2, -0.15) is 0 Å². The lowest BCUT2D eigenvalue weighted by Gasteiger charge is -2.05. The van der Waals surface area contributed by atoms with Gasteiger partial charge in [0, 0.05) is 0 Å². The fraction of sp³-hybridized carbons (Fsp3) is 0.611. The van der Waals surface area contributed by atoms with Crippen molar-refractivity contribution >= 4 is 0 Å². The fourth-order valence-corrected chi connectivity index (χ4v) is 2.43. The highest BCUT2D eigenvalue weighted by Gasteiger charge is 1.97. The van der Waals surface area contributed by atoms with Crippen LogP contribution in [0.5, 0.6) is 0 Å². The molecule has 1 aromatic rings. The first-order valence-electron chi connectivity index (χ1n) is 7.74.